The van der Waals surface area contributed by atoms with Gasteiger partial charge in [-0.1, -0.05) is 6.32 Å². The van der Waals surface area contributed by atoms with Crippen molar-refractivity contribution in [2.45, 2.75) is 37.2 Å². The molecule has 0 radical (unpaired) electrons. The predicted molar refractivity (Wildman–Crippen MR) is 59.9 cm³/mol. The highest BCUT2D eigenvalue weighted by Gasteiger charge is 2.29. The Morgan fingerprint density at radius 2 is 1.56 bits per heavy atom. The van der Waals surface area contributed by atoms with Crippen LogP contribution in [0.4, 0.5) is 0 Å². The minimum Gasteiger partial charge on any atom is -0.394 e. The Balaban J connectivity index is 3.83. The van der Waals surface area contributed by atoms with E-state index in [2.05, 4.69) is 0 Å². The third-order valence-corrected chi connectivity index (χ3v) is 2.26. The van der Waals surface area contributed by atoms with E-state index in [1.54, 1.807) is 0 Å². The first kappa shape index (κ1) is 15.8. The fraction of sp³-hybridized carbons (Fsp3) is 1.00. The second kappa shape index (κ2) is 8.92. The first-order chi connectivity index (χ1) is 7.54. The van der Waals surface area contributed by atoms with Crippen molar-refractivity contribution >= 4 is 7.85 Å². The Morgan fingerprint density at radius 3 is 2.06 bits per heavy atom. The highest BCUT2D eigenvalue weighted by molar-refractivity contribution is 6.08. The predicted octanol–water partition coefficient (Wildman–Crippen LogP) is -3.12. The molecule has 0 aromatic heterocycles. The van der Waals surface area contributed by atoms with Crippen LogP contribution in [-0.2, 0) is 4.74 Å². The maximum atomic E-state index is 9.40. The summed E-state index contributed by atoms with van der Waals surface area (Å²) < 4.78 is 5.06. The van der Waals surface area contributed by atoms with Crippen LogP contribution in [0.25, 0.3) is 0 Å². The molecule has 0 spiro atoms. The lowest BCUT2D eigenvalue weighted by Crippen LogP contribution is -2.47. The Labute approximate surface area is 95.9 Å². The maximum absolute atomic E-state index is 9.40. The summed E-state index contributed by atoms with van der Waals surface area (Å²) >= 11 is 0. The van der Waals surface area contributed by atoms with Crippen LogP contribution in [-0.4, -0.2) is 77.6 Å². The van der Waals surface area contributed by atoms with Crippen LogP contribution in [0.15, 0.2) is 0 Å². The van der Waals surface area contributed by atoms with E-state index >= 15 is 0 Å². The summed E-state index contributed by atoms with van der Waals surface area (Å²) in [4.78, 5) is 0. The number of aliphatic hydroxyl groups excluding tert-OH is 5. The summed E-state index contributed by atoms with van der Waals surface area (Å²) in [5.41, 5.74) is 0. The average molecular weight is 236 g/mol. The van der Waals surface area contributed by atoms with Crippen LogP contribution < -0.4 is 0 Å². The molecule has 0 amide bonds. The van der Waals surface area contributed by atoms with E-state index in [0.29, 0.717) is 6.61 Å². The molecule has 0 saturated heterocycles. The minimum absolute atomic E-state index is 0.115. The van der Waals surface area contributed by atoms with Gasteiger partial charge in [-0.25, -0.2) is 0 Å². The first-order valence-corrected chi connectivity index (χ1v) is 5.45. The van der Waals surface area contributed by atoms with E-state index in [9.17, 15) is 15.3 Å². The molecule has 0 bridgehead atoms. The monoisotopic (exact) mass is 236 g/mol. The zero-order valence-electron chi connectivity index (χ0n) is 9.49. The summed E-state index contributed by atoms with van der Waals surface area (Å²) in [6.07, 6.45) is -4.07. The van der Waals surface area contributed by atoms with Gasteiger partial charge in [-0.3, -0.25) is 0 Å². The molecule has 0 aliphatic carbocycles. The van der Waals surface area contributed by atoms with E-state index < -0.39 is 31.0 Å². The highest BCUT2D eigenvalue weighted by atomic mass is 16.5. The van der Waals surface area contributed by atoms with E-state index in [-0.39, 0.29) is 6.61 Å². The van der Waals surface area contributed by atoms with Crippen molar-refractivity contribution in [1.82, 2.24) is 0 Å². The van der Waals surface area contributed by atoms with Crippen LogP contribution in [0.2, 0.25) is 6.32 Å². The molecule has 0 aliphatic heterocycles. The summed E-state index contributed by atoms with van der Waals surface area (Å²) in [6, 6.07) is 0. The normalized spacial score (nSPS) is 19.1. The lowest BCUT2D eigenvalue weighted by atomic mass is 10.0. The van der Waals surface area contributed by atoms with Gasteiger partial charge < -0.3 is 30.3 Å². The van der Waals surface area contributed by atoms with E-state index in [4.69, 9.17) is 14.9 Å². The highest BCUT2D eigenvalue weighted by Crippen LogP contribution is 2.05. The van der Waals surface area contributed by atoms with Gasteiger partial charge in [-0.05, 0) is 6.42 Å². The summed E-state index contributed by atoms with van der Waals surface area (Å²) in [5.74, 6) is 0. The molecular formula is C9H21BO6. The molecule has 5 N–H and O–H groups in total. The van der Waals surface area contributed by atoms with Gasteiger partial charge in [-0.2, -0.15) is 0 Å². The van der Waals surface area contributed by atoms with Gasteiger partial charge in [0.2, 0.25) is 0 Å². The van der Waals surface area contributed by atoms with Crippen molar-refractivity contribution in [2.24, 2.45) is 0 Å². The quantitative estimate of drug-likeness (QED) is 0.214. The lowest BCUT2D eigenvalue weighted by molar-refractivity contribution is -0.129. The summed E-state index contributed by atoms with van der Waals surface area (Å²) in [6.45, 7) is -0.322. The fourth-order valence-electron chi connectivity index (χ4n) is 1.11. The second-order valence-electron chi connectivity index (χ2n) is 3.73. The topological polar surface area (TPSA) is 110 Å². The van der Waals surface area contributed by atoms with Crippen LogP contribution in [0, 0.1) is 0 Å². The molecule has 0 fully saturated rings. The molecule has 16 heavy (non-hydrogen) atoms. The number of hydrogen-bond acceptors (Lipinski definition) is 6. The van der Waals surface area contributed by atoms with Crippen LogP contribution >= 0.6 is 0 Å². The number of rotatable bonds is 9. The van der Waals surface area contributed by atoms with Gasteiger partial charge >= 0.3 is 0 Å². The van der Waals surface area contributed by atoms with Gasteiger partial charge in [-0.15, -0.1) is 0 Å². The van der Waals surface area contributed by atoms with Gasteiger partial charge in [0.05, 0.1) is 13.2 Å². The standard InChI is InChI=1S/C9H21BO6/c10-2-1-3-16-5-7(13)9(15)8(14)6(12)4-11/h6-9,11-15H,1-5,10H2. The molecule has 0 saturated carbocycles. The summed E-state index contributed by atoms with van der Waals surface area (Å²) in [7, 11) is 2.00. The molecular weight excluding hydrogens is 215 g/mol. The molecule has 7 heteroatoms. The summed E-state index contributed by atoms with van der Waals surface area (Å²) in [5, 5.41) is 45.7. The van der Waals surface area contributed by atoms with Gasteiger partial charge in [0.15, 0.2) is 0 Å². The molecule has 0 aromatic carbocycles. The van der Waals surface area contributed by atoms with Crippen LogP contribution in [0.3, 0.4) is 0 Å². The van der Waals surface area contributed by atoms with Crippen molar-refractivity contribution in [3.8, 4) is 0 Å². The molecule has 96 valence electrons. The van der Waals surface area contributed by atoms with Gasteiger partial charge in [0.25, 0.3) is 0 Å². The smallest absolute Gasteiger partial charge is 0.111 e. The van der Waals surface area contributed by atoms with Crippen LogP contribution in [0.1, 0.15) is 6.42 Å². The number of ether oxygens (including phenoxy) is 1. The van der Waals surface area contributed by atoms with Crippen molar-refractivity contribution < 1.29 is 30.3 Å². The molecule has 0 rings (SSSR count). The molecule has 0 aliphatic rings. The van der Waals surface area contributed by atoms with Crippen molar-refractivity contribution in [3.63, 3.8) is 0 Å². The fourth-order valence-corrected chi connectivity index (χ4v) is 1.11. The Hall–Kier alpha value is -0.175. The Bertz CT molecular complexity index is 170. The number of aliphatic hydroxyl groups is 5. The maximum Gasteiger partial charge on any atom is 0.111 e. The van der Waals surface area contributed by atoms with Crippen LogP contribution in [0.5, 0.6) is 0 Å². The van der Waals surface area contributed by atoms with Crippen molar-refractivity contribution in [1.29, 1.82) is 0 Å². The minimum atomic E-state index is -1.59. The van der Waals surface area contributed by atoms with Gasteiger partial charge in [0, 0.05) is 6.61 Å². The van der Waals surface area contributed by atoms with E-state index in [0.717, 1.165) is 12.7 Å². The zero-order valence-corrected chi connectivity index (χ0v) is 9.49. The SMILES string of the molecule is BCCCOCC(O)C(O)C(O)C(O)CO. The first-order valence-electron chi connectivity index (χ1n) is 5.45. The molecule has 4 unspecified atom stereocenters. The molecule has 0 aromatic rings. The number of hydrogen-bond donors (Lipinski definition) is 5. The second-order valence-corrected chi connectivity index (χ2v) is 3.73. The third-order valence-electron chi connectivity index (χ3n) is 2.26. The van der Waals surface area contributed by atoms with Gasteiger partial charge in [0.1, 0.15) is 32.3 Å². The largest absolute Gasteiger partial charge is 0.394 e. The molecule has 0 heterocycles. The van der Waals surface area contributed by atoms with E-state index in [1.807, 2.05) is 7.85 Å². The molecule has 6 nitrogen and oxygen atoms in total. The van der Waals surface area contributed by atoms with Crippen molar-refractivity contribution in [2.75, 3.05) is 19.8 Å². The van der Waals surface area contributed by atoms with E-state index in [1.165, 1.54) is 0 Å². The Morgan fingerprint density at radius 1 is 1.00 bits per heavy atom. The Kier molecular flexibility index (Phi) is 8.82. The molecule has 4 atom stereocenters. The lowest BCUT2D eigenvalue weighted by Gasteiger charge is -2.25. The van der Waals surface area contributed by atoms with Crippen molar-refractivity contribution in [3.05, 3.63) is 0 Å². The zero-order chi connectivity index (χ0) is 12.6. The third kappa shape index (κ3) is 5.79. The average Bonchev–Trinajstić information content (AvgIpc) is 2.31.